The van der Waals surface area contributed by atoms with E-state index in [-0.39, 0.29) is 16.3 Å². The molecule has 0 aliphatic carbocycles. The smallest absolute Gasteiger partial charge is 0.243 e. The average molecular weight is 372 g/mol. The third-order valence-electron chi connectivity index (χ3n) is 5.13. The number of carbonyl (C=O) groups excluding carboxylic acids is 1. The van der Waals surface area contributed by atoms with E-state index in [2.05, 4.69) is 10.2 Å². The van der Waals surface area contributed by atoms with Gasteiger partial charge in [0.1, 0.15) is 0 Å². The van der Waals surface area contributed by atoms with Gasteiger partial charge in [-0.05, 0) is 38.1 Å². The van der Waals surface area contributed by atoms with Crippen LogP contribution in [0, 0.1) is 0 Å². The molecule has 0 radical (unpaired) electrons. The minimum atomic E-state index is -3.59. The van der Waals surface area contributed by atoms with Crippen molar-refractivity contribution in [3.05, 3.63) is 29.3 Å². The minimum absolute atomic E-state index is 0.0371. The second-order valence-corrected chi connectivity index (χ2v) is 8.92. The molecule has 0 saturated carbocycles. The lowest BCUT2D eigenvalue weighted by atomic mass is 9.87. The standard InChI is InChI=1S/C16H22ClN3O3S/c1-19-9-10-20(12-16(19)6-5-15(21)18-8-7-16)24(22,23)14-4-2-3-13(17)11-14/h2-4,11H,5-10,12H2,1H3,(H,18,21)/t16-/m1/s1. The molecule has 1 N–H and O–H groups in total. The molecule has 24 heavy (non-hydrogen) atoms. The lowest BCUT2D eigenvalue weighted by Crippen LogP contribution is -2.62. The molecule has 1 spiro atoms. The number of halogens is 1. The third-order valence-corrected chi connectivity index (χ3v) is 7.21. The first-order valence-corrected chi connectivity index (χ1v) is 9.89. The molecule has 6 nitrogen and oxygen atoms in total. The number of sulfonamides is 1. The van der Waals surface area contributed by atoms with Gasteiger partial charge in [-0.2, -0.15) is 4.31 Å². The van der Waals surface area contributed by atoms with Crippen molar-refractivity contribution in [1.29, 1.82) is 0 Å². The molecule has 2 aliphatic heterocycles. The highest BCUT2D eigenvalue weighted by atomic mass is 35.5. The molecule has 1 amide bonds. The average Bonchev–Trinajstić information content (AvgIpc) is 2.73. The maximum Gasteiger partial charge on any atom is 0.243 e. The zero-order valence-electron chi connectivity index (χ0n) is 13.7. The van der Waals surface area contributed by atoms with E-state index >= 15 is 0 Å². The number of hydrogen-bond acceptors (Lipinski definition) is 4. The van der Waals surface area contributed by atoms with E-state index in [0.717, 1.165) is 6.42 Å². The van der Waals surface area contributed by atoms with Crippen molar-refractivity contribution < 1.29 is 13.2 Å². The van der Waals surface area contributed by atoms with Crippen LogP contribution in [0.25, 0.3) is 0 Å². The number of rotatable bonds is 2. The molecule has 2 heterocycles. The second kappa shape index (κ2) is 6.63. The number of amides is 1. The Morgan fingerprint density at radius 2 is 2.04 bits per heavy atom. The molecule has 1 aromatic carbocycles. The van der Waals surface area contributed by atoms with Gasteiger partial charge in [0.25, 0.3) is 0 Å². The van der Waals surface area contributed by atoms with E-state index in [1.807, 2.05) is 7.05 Å². The summed E-state index contributed by atoms with van der Waals surface area (Å²) in [4.78, 5) is 14.1. The van der Waals surface area contributed by atoms with Crippen molar-refractivity contribution in [2.24, 2.45) is 0 Å². The first kappa shape index (κ1) is 17.7. The number of benzene rings is 1. The Bertz CT molecular complexity index is 740. The summed E-state index contributed by atoms with van der Waals surface area (Å²) in [5.74, 6) is 0.0371. The van der Waals surface area contributed by atoms with E-state index in [9.17, 15) is 13.2 Å². The van der Waals surface area contributed by atoms with Crippen molar-refractivity contribution in [2.75, 3.05) is 33.2 Å². The van der Waals surface area contributed by atoms with Gasteiger partial charge in [0.05, 0.1) is 4.90 Å². The summed E-state index contributed by atoms with van der Waals surface area (Å²) in [5, 5.41) is 3.28. The number of hydrogen-bond donors (Lipinski definition) is 1. The number of likely N-dealkylation sites (N-methyl/N-ethyl adjacent to an activating group) is 1. The van der Waals surface area contributed by atoms with E-state index in [1.54, 1.807) is 18.2 Å². The highest BCUT2D eigenvalue weighted by molar-refractivity contribution is 7.89. The molecular weight excluding hydrogens is 350 g/mol. The van der Waals surface area contributed by atoms with Crippen LogP contribution in [0.15, 0.2) is 29.2 Å². The fraction of sp³-hybridized carbons (Fsp3) is 0.562. The summed E-state index contributed by atoms with van der Waals surface area (Å²) in [6, 6.07) is 6.37. The number of piperazine rings is 1. The van der Waals surface area contributed by atoms with Gasteiger partial charge in [0.15, 0.2) is 0 Å². The summed E-state index contributed by atoms with van der Waals surface area (Å²) < 4.78 is 27.5. The largest absolute Gasteiger partial charge is 0.356 e. The van der Waals surface area contributed by atoms with Crippen molar-refractivity contribution in [3.8, 4) is 0 Å². The van der Waals surface area contributed by atoms with Crippen molar-refractivity contribution >= 4 is 27.5 Å². The molecule has 1 aromatic rings. The van der Waals surface area contributed by atoms with E-state index in [4.69, 9.17) is 11.6 Å². The van der Waals surface area contributed by atoms with Gasteiger partial charge >= 0.3 is 0 Å². The van der Waals surface area contributed by atoms with Crippen LogP contribution in [-0.2, 0) is 14.8 Å². The van der Waals surface area contributed by atoms with E-state index < -0.39 is 10.0 Å². The van der Waals surface area contributed by atoms with E-state index in [1.165, 1.54) is 10.4 Å². The van der Waals surface area contributed by atoms with Crippen LogP contribution in [0.1, 0.15) is 19.3 Å². The van der Waals surface area contributed by atoms with Crippen LogP contribution >= 0.6 is 11.6 Å². The molecule has 132 valence electrons. The molecule has 8 heteroatoms. The van der Waals surface area contributed by atoms with Crippen molar-refractivity contribution in [2.45, 2.75) is 29.7 Å². The molecule has 0 bridgehead atoms. The SMILES string of the molecule is CN1CCN(S(=O)(=O)c2cccc(Cl)c2)C[C@@]12CCNC(=O)CC2. The van der Waals surface area contributed by atoms with Crippen LogP contribution in [0.2, 0.25) is 5.02 Å². The first-order chi connectivity index (χ1) is 11.3. The van der Waals surface area contributed by atoms with Crippen LogP contribution in [0.4, 0.5) is 0 Å². The topological polar surface area (TPSA) is 69.7 Å². The molecule has 1 atom stereocenters. The van der Waals surface area contributed by atoms with Crippen LogP contribution in [-0.4, -0.2) is 62.3 Å². The highest BCUT2D eigenvalue weighted by Gasteiger charge is 2.44. The third kappa shape index (κ3) is 3.31. The Kier molecular flexibility index (Phi) is 4.88. The minimum Gasteiger partial charge on any atom is -0.356 e. The predicted molar refractivity (Wildman–Crippen MR) is 92.4 cm³/mol. The predicted octanol–water partition coefficient (Wildman–Crippen LogP) is 1.31. The second-order valence-electron chi connectivity index (χ2n) is 6.54. The van der Waals surface area contributed by atoms with Crippen LogP contribution in [0.3, 0.4) is 0 Å². The molecule has 2 saturated heterocycles. The lowest BCUT2D eigenvalue weighted by molar-refractivity contribution is -0.121. The quantitative estimate of drug-likeness (QED) is 0.851. The summed E-state index contributed by atoms with van der Waals surface area (Å²) in [5.41, 5.74) is -0.303. The fourth-order valence-electron chi connectivity index (χ4n) is 3.54. The number of nitrogens with zero attached hydrogens (tertiary/aromatic N) is 2. The monoisotopic (exact) mass is 371 g/mol. The van der Waals surface area contributed by atoms with Crippen LogP contribution in [0.5, 0.6) is 0 Å². The van der Waals surface area contributed by atoms with Gasteiger partial charge in [-0.1, -0.05) is 17.7 Å². The Balaban J connectivity index is 1.88. The zero-order chi connectivity index (χ0) is 17.4. The molecule has 0 aromatic heterocycles. The molecule has 2 aliphatic rings. The molecule has 3 rings (SSSR count). The van der Waals surface area contributed by atoms with Gasteiger partial charge < -0.3 is 5.32 Å². The first-order valence-electron chi connectivity index (χ1n) is 8.07. The Hall–Kier alpha value is -1.15. The summed E-state index contributed by atoms with van der Waals surface area (Å²) in [6.07, 6.45) is 1.84. The molecule has 0 unspecified atom stereocenters. The van der Waals surface area contributed by atoms with Gasteiger partial charge in [0.2, 0.25) is 15.9 Å². The normalized spacial score (nSPS) is 27.0. The molecule has 2 fully saturated rings. The van der Waals surface area contributed by atoms with Gasteiger partial charge in [-0.25, -0.2) is 8.42 Å². The van der Waals surface area contributed by atoms with Gasteiger partial charge in [-0.15, -0.1) is 0 Å². The lowest BCUT2D eigenvalue weighted by Gasteiger charge is -2.48. The number of nitrogens with one attached hydrogen (secondary N) is 1. The maximum absolute atomic E-state index is 13.0. The Morgan fingerprint density at radius 1 is 1.25 bits per heavy atom. The van der Waals surface area contributed by atoms with Crippen LogP contribution < -0.4 is 5.32 Å². The molecular formula is C16H22ClN3O3S. The van der Waals surface area contributed by atoms with Crippen molar-refractivity contribution in [3.63, 3.8) is 0 Å². The highest BCUT2D eigenvalue weighted by Crippen LogP contribution is 2.33. The van der Waals surface area contributed by atoms with Gasteiger partial charge in [0, 0.05) is 43.2 Å². The number of carbonyl (C=O) groups is 1. The maximum atomic E-state index is 13.0. The van der Waals surface area contributed by atoms with E-state index in [0.29, 0.717) is 44.0 Å². The Morgan fingerprint density at radius 3 is 2.79 bits per heavy atom. The zero-order valence-corrected chi connectivity index (χ0v) is 15.2. The summed E-state index contributed by atoms with van der Waals surface area (Å²) in [7, 11) is -1.58. The van der Waals surface area contributed by atoms with Gasteiger partial charge in [-0.3, -0.25) is 9.69 Å². The Labute approximate surface area is 147 Å². The summed E-state index contributed by atoms with van der Waals surface area (Å²) in [6.45, 7) is 2.06. The summed E-state index contributed by atoms with van der Waals surface area (Å²) >= 11 is 5.96. The van der Waals surface area contributed by atoms with Crippen molar-refractivity contribution in [1.82, 2.24) is 14.5 Å². The fourth-order valence-corrected chi connectivity index (χ4v) is 5.35.